The zero-order valence-electron chi connectivity index (χ0n) is 10.4. The Morgan fingerprint density at radius 2 is 1.60 bits per heavy atom. The van der Waals surface area contributed by atoms with E-state index in [2.05, 4.69) is 38.1 Å². The van der Waals surface area contributed by atoms with Crippen LogP contribution in [-0.4, -0.2) is 10.9 Å². The normalized spacial score (nSPS) is 12.8. The van der Waals surface area contributed by atoms with Crippen molar-refractivity contribution in [2.75, 3.05) is 0 Å². The lowest BCUT2D eigenvalue weighted by Crippen LogP contribution is -1.89. The van der Waals surface area contributed by atoms with E-state index in [1.807, 2.05) is 6.92 Å². The third-order valence-corrected chi connectivity index (χ3v) is 2.26. The molecule has 0 aromatic heterocycles. The fourth-order valence-electron chi connectivity index (χ4n) is 1.27. The molecule has 0 spiro atoms. The molecular weight excluding hydrogens is 186 g/mol. The van der Waals surface area contributed by atoms with Crippen molar-refractivity contribution in [1.29, 1.82) is 0 Å². The van der Waals surface area contributed by atoms with E-state index in [9.17, 15) is 0 Å². The molecule has 0 aromatic rings. The highest BCUT2D eigenvalue weighted by Crippen LogP contribution is 2.08. The molecule has 1 N–H and O–H groups in total. The van der Waals surface area contributed by atoms with Crippen LogP contribution < -0.4 is 0 Å². The van der Waals surface area contributed by atoms with Crippen molar-refractivity contribution < 1.29 is 5.21 Å². The van der Waals surface area contributed by atoms with Gasteiger partial charge in [-0.05, 0) is 53.4 Å². The smallest absolute Gasteiger partial charge is 0.0543 e. The Morgan fingerprint density at radius 1 is 1.00 bits per heavy atom. The molecule has 0 bridgehead atoms. The maximum atomic E-state index is 8.46. The van der Waals surface area contributed by atoms with Crippen LogP contribution in [0.3, 0.4) is 0 Å². The quantitative estimate of drug-likeness (QED) is 0.300. The van der Waals surface area contributed by atoms with E-state index in [1.165, 1.54) is 11.1 Å². The first-order chi connectivity index (χ1) is 7.06. The first-order valence-electron chi connectivity index (χ1n) is 5.52. The van der Waals surface area contributed by atoms with E-state index in [4.69, 9.17) is 5.21 Å². The summed E-state index contributed by atoms with van der Waals surface area (Å²) in [5.41, 5.74) is 3.59. The summed E-state index contributed by atoms with van der Waals surface area (Å²) < 4.78 is 0. The van der Waals surface area contributed by atoms with E-state index in [0.717, 1.165) is 31.4 Å². The number of rotatable bonds is 6. The highest BCUT2D eigenvalue weighted by molar-refractivity contribution is 5.81. The van der Waals surface area contributed by atoms with Crippen LogP contribution in [0.2, 0.25) is 0 Å². The second kappa shape index (κ2) is 8.27. The van der Waals surface area contributed by atoms with Crippen molar-refractivity contribution in [2.45, 2.75) is 53.4 Å². The SMILES string of the molecule is CC(C)=CCC/C(C)=C\CC/C(C)=N\O. The first-order valence-corrected chi connectivity index (χ1v) is 5.52. The third-order valence-electron chi connectivity index (χ3n) is 2.26. The van der Waals surface area contributed by atoms with Gasteiger partial charge in [-0.25, -0.2) is 0 Å². The van der Waals surface area contributed by atoms with Gasteiger partial charge in [0.2, 0.25) is 0 Å². The molecule has 2 heteroatoms. The molecular formula is C13H23NO. The highest BCUT2D eigenvalue weighted by Gasteiger charge is 1.92. The number of hydrogen-bond donors (Lipinski definition) is 1. The van der Waals surface area contributed by atoms with Crippen LogP contribution in [0.25, 0.3) is 0 Å². The summed E-state index contributed by atoms with van der Waals surface area (Å²) in [7, 11) is 0. The van der Waals surface area contributed by atoms with E-state index in [-0.39, 0.29) is 0 Å². The molecule has 0 aliphatic rings. The van der Waals surface area contributed by atoms with Crippen molar-refractivity contribution in [2.24, 2.45) is 5.16 Å². The van der Waals surface area contributed by atoms with Gasteiger partial charge in [-0.1, -0.05) is 28.5 Å². The lowest BCUT2D eigenvalue weighted by molar-refractivity contribution is 0.317. The minimum Gasteiger partial charge on any atom is -0.411 e. The topological polar surface area (TPSA) is 32.6 Å². The van der Waals surface area contributed by atoms with Crippen LogP contribution in [0, 0.1) is 0 Å². The molecule has 0 atom stereocenters. The molecule has 0 heterocycles. The Morgan fingerprint density at radius 3 is 2.13 bits per heavy atom. The average Bonchev–Trinajstić information content (AvgIpc) is 2.17. The second-order valence-electron chi connectivity index (χ2n) is 4.24. The molecule has 2 nitrogen and oxygen atoms in total. The van der Waals surface area contributed by atoms with Gasteiger partial charge in [-0.2, -0.15) is 0 Å². The molecule has 86 valence electrons. The minimum absolute atomic E-state index is 0.795. The maximum Gasteiger partial charge on any atom is 0.0543 e. The van der Waals surface area contributed by atoms with Crippen LogP contribution in [0.4, 0.5) is 0 Å². The predicted octanol–water partition coefficient (Wildman–Crippen LogP) is 4.31. The van der Waals surface area contributed by atoms with Gasteiger partial charge in [-0.3, -0.25) is 0 Å². The van der Waals surface area contributed by atoms with E-state index < -0.39 is 0 Å². The summed E-state index contributed by atoms with van der Waals surface area (Å²) >= 11 is 0. The predicted molar refractivity (Wildman–Crippen MR) is 66.6 cm³/mol. The van der Waals surface area contributed by atoms with Gasteiger partial charge >= 0.3 is 0 Å². The Hall–Kier alpha value is -1.05. The molecule has 0 amide bonds. The third kappa shape index (κ3) is 9.26. The Balaban J connectivity index is 3.75. The zero-order chi connectivity index (χ0) is 11.7. The maximum absolute atomic E-state index is 8.46. The average molecular weight is 209 g/mol. The van der Waals surface area contributed by atoms with Crippen molar-refractivity contribution in [3.8, 4) is 0 Å². The van der Waals surface area contributed by atoms with Gasteiger partial charge in [0, 0.05) is 0 Å². The molecule has 0 fully saturated rings. The number of allylic oxidation sites excluding steroid dienone is 4. The van der Waals surface area contributed by atoms with Gasteiger partial charge in [0.25, 0.3) is 0 Å². The number of hydrogen-bond acceptors (Lipinski definition) is 2. The molecule has 15 heavy (non-hydrogen) atoms. The fourth-order valence-corrected chi connectivity index (χ4v) is 1.27. The highest BCUT2D eigenvalue weighted by atomic mass is 16.4. The summed E-state index contributed by atoms with van der Waals surface area (Å²) in [6.45, 7) is 8.25. The molecule has 0 saturated heterocycles. The monoisotopic (exact) mass is 209 g/mol. The van der Waals surface area contributed by atoms with Crippen LogP contribution >= 0.6 is 0 Å². The molecule has 0 saturated carbocycles. The van der Waals surface area contributed by atoms with E-state index in [0.29, 0.717) is 0 Å². The van der Waals surface area contributed by atoms with Gasteiger partial charge in [0.15, 0.2) is 0 Å². The summed E-state index contributed by atoms with van der Waals surface area (Å²) in [4.78, 5) is 0. The largest absolute Gasteiger partial charge is 0.411 e. The fraction of sp³-hybridized carbons (Fsp3) is 0.615. The lowest BCUT2D eigenvalue weighted by atomic mass is 10.1. The number of nitrogens with zero attached hydrogens (tertiary/aromatic N) is 1. The van der Waals surface area contributed by atoms with Crippen molar-refractivity contribution in [3.63, 3.8) is 0 Å². The summed E-state index contributed by atoms with van der Waals surface area (Å²) in [6, 6.07) is 0. The number of oxime groups is 1. The van der Waals surface area contributed by atoms with Gasteiger partial charge < -0.3 is 5.21 Å². The van der Waals surface area contributed by atoms with Gasteiger partial charge in [0.05, 0.1) is 5.71 Å². The van der Waals surface area contributed by atoms with Crippen LogP contribution in [0.15, 0.2) is 28.5 Å². The van der Waals surface area contributed by atoms with Crippen molar-refractivity contribution in [3.05, 3.63) is 23.3 Å². The van der Waals surface area contributed by atoms with E-state index >= 15 is 0 Å². The molecule has 0 radical (unpaired) electrons. The van der Waals surface area contributed by atoms with Crippen molar-refractivity contribution in [1.82, 2.24) is 0 Å². The van der Waals surface area contributed by atoms with Gasteiger partial charge in [0.1, 0.15) is 0 Å². The summed E-state index contributed by atoms with van der Waals surface area (Å²) in [5, 5.41) is 11.6. The molecule has 0 aliphatic heterocycles. The Kier molecular flexibility index (Phi) is 7.69. The van der Waals surface area contributed by atoms with Crippen LogP contribution in [0.1, 0.15) is 53.4 Å². The van der Waals surface area contributed by atoms with Crippen molar-refractivity contribution >= 4 is 5.71 Å². The zero-order valence-corrected chi connectivity index (χ0v) is 10.4. The minimum atomic E-state index is 0.795. The Bertz CT molecular complexity index is 258. The molecule has 0 unspecified atom stereocenters. The molecule has 0 rings (SSSR count). The van der Waals surface area contributed by atoms with Crippen LogP contribution in [-0.2, 0) is 0 Å². The molecule has 0 aliphatic carbocycles. The standard InChI is InChI=1S/C13H23NO/c1-11(2)7-5-8-12(3)9-6-10-13(4)14-15/h7,9,15H,5-6,8,10H2,1-4H3/b12-9-,14-13-. The summed E-state index contributed by atoms with van der Waals surface area (Å²) in [6.07, 6.45) is 8.55. The Labute approximate surface area is 93.4 Å². The second-order valence-corrected chi connectivity index (χ2v) is 4.24. The summed E-state index contributed by atoms with van der Waals surface area (Å²) in [5.74, 6) is 0. The molecule has 0 aromatic carbocycles. The lowest BCUT2D eigenvalue weighted by Gasteiger charge is -1.99. The van der Waals surface area contributed by atoms with Crippen LogP contribution in [0.5, 0.6) is 0 Å². The van der Waals surface area contributed by atoms with Gasteiger partial charge in [-0.15, -0.1) is 0 Å². The first kappa shape index (κ1) is 13.9. The van der Waals surface area contributed by atoms with E-state index in [1.54, 1.807) is 0 Å².